The van der Waals surface area contributed by atoms with Crippen molar-refractivity contribution in [1.82, 2.24) is 37.2 Å². The average Bonchev–Trinajstić information content (AvgIpc) is 3.64. The van der Waals surface area contributed by atoms with E-state index in [2.05, 4.69) is 120 Å². The summed E-state index contributed by atoms with van der Waals surface area (Å²) in [7, 11) is 0. The number of hydrogen-bond acceptors (Lipinski definition) is 12. The molecule has 0 spiro atoms. The van der Waals surface area contributed by atoms with E-state index in [1.54, 1.807) is 6.08 Å². The highest BCUT2D eigenvalue weighted by atomic mass is 16.5. The van der Waals surface area contributed by atoms with E-state index in [-0.39, 0.29) is 147 Å². The first-order valence-corrected chi connectivity index (χ1v) is 33.8. The maximum absolute atomic E-state index is 13.8. The predicted octanol–water partition coefficient (Wildman–Crippen LogP) is 10.8. The highest BCUT2D eigenvalue weighted by Gasteiger charge is 2.34. The standard InChI is InChI=1S/C69H127N7O12/c1-65(2,3)40-21-17-30-56(77)31-20-25-45-71-61(82)37-50-86-53-69(54-87-51-38-62(83)74-48-27-46-72-58(79)32-18-22-41-66(4,5)6,55-88-52-39-63(84)75-49-28-47-73-59(80)33-19-23-42-67(7,8)9)76-64(85)35-26-34-60(81)70-44-24-15-13-14-16-29-57(78)36-43-68(10,11)12/h36,43H,13-35,37-42,44-55H2,1-12H3,(H,70,81)(H,71,82)(H,72,79)(H,73,80)(H,74,83)(H,75,84)(H,76,85)/b43-36+. The smallest absolute Gasteiger partial charge is 0.222 e. The van der Waals surface area contributed by atoms with Crippen LogP contribution in [-0.2, 0) is 57.4 Å². The first-order valence-electron chi connectivity index (χ1n) is 33.8. The quantitative estimate of drug-likeness (QED) is 0.0221. The van der Waals surface area contributed by atoms with Gasteiger partial charge in [-0.05, 0) is 111 Å². The number of rotatable bonds is 54. The molecule has 7 N–H and O–H groups in total. The molecule has 0 atom stereocenters. The molecule has 0 aliphatic heterocycles. The van der Waals surface area contributed by atoms with Gasteiger partial charge >= 0.3 is 0 Å². The van der Waals surface area contributed by atoms with Crippen molar-refractivity contribution in [3.8, 4) is 0 Å². The summed E-state index contributed by atoms with van der Waals surface area (Å²) in [5.41, 5.74) is -0.654. The fourth-order valence-electron chi connectivity index (χ4n) is 9.18. The molecule has 0 fully saturated rings. The SMILES string of the molecule is CC(C)(C)/C=C/C(=O)CCCCCCCNC(=O)CCCC(=O)NC(COCCC(=O)NCCCCC(=O)CCCCC(C)(C)C)(COCCC(=O)NCCCNC(=O)CCCCC(C)(C)C)COCCC(=O)NCCCNC(=O)CCCCC(C)(C)C. The van der Waals surface area contributed by atoms with E-state index in [9.17, 15) is 43.2 Å². The van der Waals surface area contributed by atoms with Gasteiger partial charge < -0.3 is 51.4 Å². The number of nitrogens with one attached hydrogen (secondary N) is 7. The van der Waals surface area contributed by atoms with E-state index >= 15 is 0 Å². The second-order valence-electron chi connectivity index (χ2n) is 28.9. The molecule has 88 heavy (non-hydrogen) atoms. The maximum Gasteiger partial charge on any atom is 0.222 e. The first kappa shape index (κ1) is 83.2. The highest BCUT2D eigenvalue weighted by molar-refractivity contribution is 5.89. The minimum Gasteiger partial charge on any atom is -0.378 e. The Morgan fingerprint density at radius 3 is 0.989 bits per heavy atom. The zero-order valence-corrected chi connectivity index (χ0v) is 57.5. The number of Topliss-reactive ketones (excluding diaryl/α,β-unsaturated/α-hetero) is 1. The van der Waals surface area contributed by atoms with Crippen molar-refractivity contribution < 1.29 is 57.4 Å². The van der Waals surface area contributed by atoms with Crippen LogP contribution in [0, 0.1) is 21.7 Å². The van der Waals surface area contributed by atoms with Gasteiger partial charge in [0.2, 0.25) is 41.4 Å². The number of ketones is 2. The van der Waals surface area contributed by atoms with E-state index in [0.29, 0.717) is 97.1 Å². The molecule has 0 saturated heterocycles. The lowest BCUT2D eigenvalue weighted by atomic mass is 9.89. The molecule has 0 aromatic heterocycles. The zero-order valence-electron chi connectivity index (χ0n) is 57.5. The second kappa shape index (κ2) is 49.0. The fraction of sp³-hybridized carbons (Fsp3) is 0.841. The largest absolute Gasteiger partial charge is 0.378 e. The van der Waals surface area contributed by atoms with E-state index < -0.39 is 11.4 Å². The third-order valence-electron chi connectivity index (χ3n) is 14.5. The van der Waals surface area contributed by atoms with Gasteiger partial charge in [0.05, 0.1) is 39.6 Å². The van der Waals surface area contributed by atoms with Crippen molar-refractivity contribution in [3.05, 3.63) is 12.2 Å². The van der Waals surface area contributed by atoms with Gasteiger partial charge in [-0.2, -0.15) is 0 Å². The van der Waals surface area contributed by atoms with Crippen LogP contribution in [0.1, 0.15) is 269 Å². The highest BCUT2D eigenvalue weighted by Crippen LogP contribution is 2.24. The molecule has 0 aliphatic carbocycles. The molecule has 19 heteroatoms. The number of ether oxygens (including phenoxy) is 3. The normalized spacial score (nSPS) is 12.2. The van der Waals surface area contributed by atoms with Crippen LogP contribution in [0.15, 0.2) is 12.2 Å². The van der Waals surface area contributed by atoms with Crippen LogP contribution in [0.25, 0.3) is 0 Å². The van der Waals surface area contributed by atoms with Crippen LogP contribution in [-0.4, -0.2) is 137 Å². The Balaban J connectivity index is 5.73. The molecule has 7 amide bonds. The van der Waals surface area contributed by atoms with Crippen LogP contribution in [0.5, 0.6) is 0 Å². The first-order chi connectivity index (χ1) is 41.4. The Bertz CT molecular complexity index is 1850. The van der Waals surface area contributed by atoms with Gasteiger partial charge in [-0.15, -0.1) is 0 Å². The predicted molar refractivity (Wildman–Crippen MR) is 352 cm³/mol. The van der Waals surface area contributed by atoms with Crippen LogP contribution in [0.2, 0.25) is 0 Å². The molecule has 0 aromatic carbocycles. The number of hydrogen-bond donors (Lipinski definition) is 7. The summed E-state index contributed by atoms with van der Waals surface area (Å²) in [6.07, 6.45) is 22.2. The lowest BCUT2D eigenvalue weighted by molar-refractivity contribution is -0.131. The number of amides is 7. The number of carbonyl (C=O) groups is 9. The average molecular weight is 1250 g/mol. The molecule has 0 aromatic rings. The van der Waals surface area contributed by atoms with Crippen molar-refractivity contribution in [2.24, 2.45) is 21.7 Å². The van der Waals surface area contributed by atoms with Gasteiger partial charge in [-0.1, -0.05) is 128 Å². The Morgan fingerprint density at radius 2 is 0.602 bits per heavy atom. The summed E-state index contributed by atoms with van der Waals surface area (Å²) in [6.45, 7) is 27.9. The zero-order chi connectivity index (χ0) is 66.2. The van der Waals surface area contributed by atoms with Crippen molar-refractivity contribution in [2.45, 2.75) is 275 Å². The van der Waals surface area contributed by atoms with E-state index in [1.807, 2.05) is 6.08 Å². The van der Waals surface area contributed by atoms with Crippen LogP contribution in [0.3, 0.4) is 0 Å². The maximum atomic E-state index is 13.8. The van der Waals surface area contributed by atoms with Crippen LogP contribution < -0.4 is 37.2 Å². The van der Waals surface area contributed by atoms with Crippen molar-refractivity contribution >= 4 is 52.9 Å². The lowest BCUT2D eigenvalue weighted by Gasteiger charge is -2.34. The van der Waals surface area contributed by atoms with Gasteiger partial charge in [0.15, 0.2) is 5.78 Å². The third kappa shape index (κ3) is 57.7. The molecule has 19 nitrogen and oxygen atoms in total. The molecule has 0 heterocycles. The summed E-state index contributed by atoms with van der Waals surface area (Å²) < 4.78 is 18.3. The van der Waals surface area contributed by atoms with Gasteiger partial charge in [-0.25, -0.2) is 0 Å². The van der Waals surface area contributed by atoms with Crippen molar-refractivity contribution in [1.29, 1.82) is 0 Å². The van der Waals surface area contributed by atoms with Crippen LogP contribution in [0.4, 0.5) is 0 Å². The fourth-order valence-corrected chi connectivity index (χ4v) is 9.18. The minimum atomic E-state index is -1.34. The molecule has 0 unspecified atom stereocenters. The Labute approximate surface area is 533 Å². The molecular formula is C69H127N7O12. The van der Waals surface area contributed by atoms with Crippen LogP contribution >= 0.6 is 0 Å². The van der Waals surface area contributed by atoms with E-state index in [0.717, 1.165) is 89.9 Å². The summed E-state index contributed by atoms with van der Waals surface area (Å²) >= 11 is 0. The summed E-state index contributed by atoms with van der Waals surface area (Å²) in [5, 5.41) is 20.4. The van der Waals surface area contributed by atoms with Gasteiger partial charge in [0, 0.05) is 103 Å². The number of unbranched alkanes of at least 4 members (excludes halogenated alkanes) is 8. The topological polar surface area (TPSA) is 266 Å². The Hall–Kier alpha value is -4.75. The summed E-state index contributed by atoms with van der Waals surface area (Å²) in [6, 6.07) is 0. The Morgan fingerprint density at radius 1 is 0.307 bits per heavy atom. The summed E-state index contributed by atoms with van der Waals surface area (Å²) in [5.74, 6) is -0.951. The third-order valence-corrected chi connectivity index (χ3v) is 14.5. The van der Waals surface area contributed by atoms with Crippen molar-refractivity contribution in [3.63, 3.8) is 0 Å². The minimum absolute atomic E-state index is 0.00470. The monoisotopic (exact) mass is 1250 g/mol. The number of carbonyl (C=O) groups excluding carboxylic acids is 9. The lowest BCUT2D eigenvalue weighted by Crippen LogP contribution is -2.58. The van der Waals surface area contributed by atoms with Gasteiger partial charge in [0.25, 0.3) is 0 Å². The Kier molecular flexibility index (Phi) is 46.4. The summed E-state index contributed by atoms with van der Waals surface area (Å²) in [4.78, 5) is 115. The molecule has 0 radical (unpaired) electrons. The van der Waals surface area contributed by atoms with E-state index in [1.165, 1.54) is 0 Å². The van der Waals surface area contributed by atoms with Gasteiger partial charge in [-0.3, -0.25) is 43.2 Å². The molecule has 510 valence electrons. The second-order valence-corrected chi connectivity index (χ2v) is 28.9. The molecule has 0 rings (SSSR count). The molecular weight excluding hydrogens is 1120 g/mol. The number of allylic oxidation sites excluding steroid dienone is 2. The van der Waals surface area contributed by atoms with Gasteiger partial charge in [0.1, 0.15) is 11.3 Å². The van der Waals surface area contributed by atoms with Crippen molar-refractivity contribution in [2.75, 3.05) is 78.9 Å². The molecule has 0 bridgehead atoms. The van der Waals surface area contributed by atoms with E-state index in [4.69, 9.17) is 14.2 Å². The molecule has 0 saturated carbocycles. The molecule has 0 aliphatic rings.